The summed E-state index contributed by atoms with van der Waals surface area (Å²) in [7, 11) is 1.65. The molecule has 6 heteroatoms. The fourth-order valence-electron chi connectivity index (χ4n) is 3.63. The van der Waals surface area contributed by atoms with Crippen LogP contribution in [0.25, 0.3) is 10.8 Å². The van der Waals surface area contributed by atoms with Crippen LogP contribution in [0, 0.1) is 0 Å². The highest BCUT2D eigenvalue weighted by Gasteiger charge is 2.34. The molecule has 0 radical (unpaired) electrons. The highest BCUT2D eigenvalue weighted by molar-refractivity contribution is 7.80. The molecule has 1 amide bonds. The molecule has 27 heavy (non-hydrogen) atoms. The minimum Gasteiger partial charge on any atom is -0.496 e. The summed E-state index contributed by atoms with van der Waals surface area (Å²) in [5, 5.41) is 9.04. The van der Waals surface area contributed by atoms with Crippen molar-refractivity contribution in [3.63, 3.8) is 0 Å². The van der Waals surface area contributed by atoms with Gasteiger partial charge in [0.1, 0.15) is 5.75 Å². The Bertz CT molecular complexity index is 919. The van der Waals surface area contributed by atoms with Gasteiger partial charge in [-0.05, 0) is 49.8 Å². The van der Waals surface area contributed by atoms with Gasteiger partial charge in [0.15, 0.2) is 5.11 Å². The number of carbonyl (C=O) groups is 1. The molecule has 1 aliphatic rings. The summed E-state index contributed by atoms with van der Waals surface area (Å²) in [5.41, 5.74) is 2.37. The predicted octanol–water partition coefficient (Wildman–Crippen LogP) is 3.51. The smallest absolute Gasteiger partial charge is 0.253 e. The third-order valence-electron chi connectivity index (χ3n) is 4.99. The number of nitrogens with one attached hydrogen (secondary N) is 2. The lowest BCUT2D eigenvalue weighted by Gasteiger charge is -2.34. The average Bonchev–Trinajstić information content (AvgIpc) is 2.67. The maximum atomic E-state index is 13.3. The molecule has 0 aromatic heterocycles. The molecule has 0 unspecified atom stereocenters. The van der Waals surface area contributed by atoms with E-state index in [0.717, 1.165) is 27.8 Å². The van der Waals surface area contributed by atoms with E-state index in [1.54, 1.807) is 7.11 Å². The summed E-state index contributed by atoms with van der Waals surface area (Å²) in [6.07, 6.45) is 0. The SMILES string of the molecule is CCN(CC)C(=O)C1=C(C)NC(=S)N[C@@H]1c1c(OC)ccc2ccccc12. The molecule has 0 saturated heterocycles. The monoisotopic (exact) mass is 383 g/mol. The molecule has 1 aliphatic heterocycles. The van der Waals surface area contributed by atoms with Crippen LogP contribution in [0.4, 0.5) is 0 Å². The third kappa shape index (κ3) is 3.49. The van der Waals surface area contributed by atoms with Crippen molar-refractivity contribution in [2.75, 3.05) is 20.2 Å². The lowest BCUT2D eigenvalue weighted by atomic mass is 9.90. The Morgan fingerprint density at radius 3 is 2.56 bits per heavy atom. The fraction of sp³-hybridized carbons (Fsp3) is 0.333. The summed E-state index contributed by atoms with van der Waals surface area (Å²) in [6, 6.07) is 11.7. The van der Waals surface area contributed by atoms with Crippen LogP contribution < -0.4 is 15.4 Å². The number of thiocarbonyl (C=S) groups is 1. The van der Waals surface area contributed by atoms with Crippen molar-refractivity contribution in [3.05, 3.63) is 53.2 Å². The molecule has 2 N–H and O–H groups in total. The standard InChI is InChI=1S/C21H25N3O2S/c1-5-24(6-2)20(25)17-13(3)22-21(27)23-19(17)18-15-10-8-7-9-14(15)11-12-16(18)26-4/h7-12,19H,5-6H2,1-4H3,(H2,22,23,27)/t19-/m0/s1. The summed E-state index contributed by atoms with van der Waals surface area (Å²) in [4.78, 5) is 15.1. The molecule has 5 nitrogen and oxygen atoms in total. The largest absolute Gasteiger partial charge is 0.496 e. The normalized spacial score (nSPS) is 16.7. The van der Waals surface area contributed by atoms with E-state index >= 15 is 0 Å². The molecule has 2 aromatic carbocycles. The second kappa shape index (κ2) is 7.96. The second-order valence-corrected chi connectivity index (χ2v) is 6.86. The van der Waals surface area contributed by atoms with Crippen LogP contribution in [0.1, 0.15) is 32.4 Å². The van der Waals surface area contributed by atoms with E-state index in [-0.39, 0.29) is 11.9 Å². The van der Waals surface area contributed by atoms with Gasteiger partial charge in [0.2, 0.25) is 0 Å². The molecule has 0 fully saturated rings. The van der Waals surface area contributed by atoms with Crippen LogP contribution >= 0.6 is 12.2 Å². The molecular weight excluding hydrogens is 358 g/mol. The van der Waals surface area contributed by atoms with E-state index in [1.165, 1.54) is 0 Å². The number of fused-ring (bicyclic) bond motifs is 1. The van der Waals surface area contributed by atoms with Crippen molar-refractivity contribution >= 4 is 34.0 Å². The molecule has 1 atom stereocenters. The van der Waals surface area contributed by atoms with Gasteiger partial charge in [0, 0.05) is 24.4 Å². The van der Waals surface area contributed by atoms with Crippen LogP contribution in [0.15, 0.2) is 47.7 Å². The highest BCUT2D eigenvalue weighted by atomic mass is 32.1. The number of methoxy groups -OCH3 is 1. The van der Waals surface area contributed by atoms with Crippen LogP contribution in [-0.2, 0) is 4.79 Å². The summed E-state index contributed by atoms with van der Waals surface area (Å²) in [6.45, 7) is 7.17. The molecule has 0 aliphatic carbocycles. The maximum Gasteiger partial charge on any atom is 0.253 e. The number of benzene rings is 2. The number of hydrogen-bond acceptors (Lipinski definition) is 3. The number of hydrogen-bond donors (Lipinski definition) is 2. The van der Waals surface area contributed by atoms with Crippen LogP contribution in [0.3, 0.4) is 0 Å². The van der Waals surface area contributed by atoms with Crippen LogP contribution in [-0.4, -0.2) is 36.1 Å². The number of likely N-dealkylation sites (N-methyl/N-ethyl adjacent to an activating group) is 1. The third-order valence-corrected chi connectivity index (χ3v) is 5.21. The Kier molecular flexibility index (Phi) is 5.65. The van der Waals surface area contributed by atoms with E-state index < -0.39 is 0 Å². The van der Waals surface area contributed by atoms with E-state index in [2.05, 4.69) is 22.8 Å². The highest BCUT2D eigenvalue weighted by Crippen LogP contribution is 2.38. The van der Waals surface area contributed by atoms with Crippen molar-refractivity contribution in [3.8, 4) is 5.75 Å². The molecule has 0 bridgehead atoms. The average molecular weight is 384 g/mol. The van der Waals surface area contributed by atoms with Gasteiger partial charge >= 0.3 is 0 Å². The molecular formula is C21H25N3O2S. The van der Waals surface area contributed by atoms with Gasteiger partial charge < -0.3 is 20.3 Å². The number of ether oxygens (including phenoxy) is 1. The molecule has 0 spiro atoms. The first-order valence-electron chi connectivity index (χ1n) is 9.14. The van der Waals surface area contributed by atoms with Crippen LogP contribution in [0.5, 0.6) is 5.75 Å². The van der Waals surface area contributed by atoms with Crippen molar-refractivity contribution < 1.29 is 9.53 Å². The van der Waals surface area contributed by atoms with E-state index in [1.807, 2.05) is 49.9 Å². The topological polar surface area (TPSA) is 53.6 Å². The van der Waals surface area contributed by atoms with Gasteiger partial charge in [-0.15, -0.1) is 0 Å². The Balaban J connectivity index is 2.24. The number of nitrogens with zero attached hydrogens (tertiary/aromatic N) is 1. The summed E-state index contributed by atoms with van der Waals surface area (Å²) in [5.74, 6) is 0.730. The molecule has 2 aromatic rings. The first kappa shape index (κ1) is 19.2. The quantitative estimate of drug-likeness (QED) is 0.774. The first-order chi connectivity index (χ1) is 13.0. The predicted molar refractivity (Wildman–Crippen MR) is 113 cm³/mol. The zero-order valence-electron chi connectivity index (χ0n) is 16.1. The number of carbonyl (C=O) groups excluding carboxylic acids is 1. The van der Waals surface area contributed by atoms with Gasteiger partial charge in [-0.25, -0.2) is 0 Å². The minimum absolute atomic E-state index is 0.0000118. The first-order valence-corrected chi connectivity index (χ1v) is 9.55. The molecule has 3 rings (SSSR count). The van der Waals surface area contributed by atoms with Gasteiger partial charge in [0.25, 0.3) is 5.91 Å². The lowest BCUT2D eigenvalue weighted by Crippen LogP contribution is -2.47. The second-order valence-electron chi connectivity index (χ2n) is 6.45. The van der Waals surface area contributed by atoms with Crippen molar-refractivity contribution in [1.82, 2.24) is 15.5 Å². The van der Waals surface area contributed by atoms with Crippen molar-refractivity contribution in [2.45, 2.75) is 26.8 Å². The summed E-state index contributed by atoms with van der Waals surface area (Å²) >= 11 is 5.40. The zero-order valence-corrected chi connectivity index (χ0v) is 16.9. The van der Waals surface area contributed by atoms with E-state index in [4.69, 9.17) is 17.0 Å². The van der Waals surface area contributed by atoms with Crippen molar-refractivity contribution in [2.24, 2.45) is 0 Å². The van der Waals surface area contributed by atoms with Gasteiger partial charge in [-0.2, -0.15) is 0 Å². The summed E-state index contributed by atoms with van der Waals surface area (Å²) < 4.78 is 5.67. The van der Waals surface area contributed by atoms with Gasteiger partial charge in [-0.3, -0.25) is 4.79 Å². The van der Waals surface area contributed by atoms with Gasteiger partial charge in [-0.1, -0.05) is 30.3 Å². The Labute approximate surface area is 165 Å². The Hall–Kier alpha value is -2.60. The lowest BCUT2D eigenvalue weighted by molar-refractivity contribution is -0.127. The number of rotatable bonds is 5. The van der Waals surface area contributed by atoms with Crippen LogP contribution in [0.2, 0.25) is 0 Å². The molecule has 0 saturated carbocycles. The number of allylic oxidation sites excluding steroid dienone is 1. The van der Waals surface area contributed by atoms with E-state index in [9.17, 15) is 4.79 Å². The van der Waals surface area contributed by atoms with Gasteiger partial charge in [0.05, 0.1) is 18.7 Å². The fourth-order valence-corrected chi connectivity index (χ4v) is 3.90. The molecule has 1 heterocycles. The Morgan fingerprint density at radius 1 is 1.19 bits per heavy atom. The molecule has 142 valence electrons. The van der Waals surface area contributed by atoms with E-state index in [0.29, 0.717) is 23.8 Å². The number of amides is 1. The minimum atomic E-state index is -0.382. The van der Waals surface area contributed by atoms with Crippen molar-refractivity contribution in [1.29, 1.82) is 0 Å². The zero-order chi connectivity index (χ0) is 19.6. The maximum absolute atomic E-state index is 13.3. The Morgan fingerprint density at radius 2 is 1.89 bits per heavy atom.